The minimum Gasteiger partial charge on any atom is -0.309 e. The molecule has 10 aromatic carbocycles. The number of hydrogen-bond acceptors (Lipinski definition) is 1. The van der Waals surface area contributed by atoms with E-state index in [0.29, 0.717) is 0 Å². The van der Waals surface area contributed by atoms with Crippen LogP contribution in [0.3, 0.4) is 0 Å². The van der Waals surface area contributed by atoms with E-state index in [4.69, 9.17) is 0 Å². The van der Waals surface area contributed by atoms with Gasteiger partial charge in [-0.15, -0.1) is 0 Å². The van der Waals surface area contributed by atoms with E-state index in [0.717, 1.165) is 11.4 Å². The zero-order valence-electron chi connectivity index (χ0n) is 30.5. The summed E-state index contributed by atoms with van der Waals surface area (Å²) in [6, 6.07) is 75.7. The van der Waals surface area contributed by atoms with Crippen molar-refractivity contribution in [2.45, 2.75) is 0 Å². The Morgan fingerprint density at radius 2 is 0.821 bits per heavy atom. The molecule has 0 fully saturated rings. The highest BCUT2D eigenvalue weighted by molar-refractivity contribution is 6.14. The second kappa shape index (κ2) is 12.0. The summed E-state index contributed by atoms with van der Waals surface area (Å²) in [6.07, 6.45) is 0. The van der Waals surface area contributed by atoms with Crippen molar-refractivity contribution in [2.24, 2.45) is 0 Å². The van der Waals surface area contributed by atoms with E-state index < -0.39 is 0 Å². The van der Waals surface area contributed by atoms with Crippen LogP contribution < -0.4 is 4.90 Å². The molecule has 0 amide bonds. The highest BCUT2D eigenvalue weighted by Gasteiger charge is 2.25. The Labute approximate surface area is 324 Å². The molecule has 1 aliphatic rings. The van der Waals surface area contributed by atoms with Crippen molar-refractivity contribution < 1.29 is 0 Å². The maximum absolute atomic E-state index is 2.44. The Bertz CT molecular complexity index is 3300. The lowest BCUT2D eigenvalue weighted by atomic mass is 9.78. The van der Waals surface area contributed by atoms with Gasteiger partial charge in [0.15, 0.2) is 0 Å². The predicted octanol–water partition coefficient (Wildman–Crippen LogP) is 15.0. The molecule has 0 unspecified atom stereocenters. The molecule has 0 aliphatic heterocycles. The number of fused-ring (bicyclic) bond motifs is 10. The average Bonchev–Trinajstić information content (AvgIpc) is 3.60. The van der Waals surface area contributed by atoms with E-state index in [1.165, 1.54) is 98.9 Å². The molecule has 0 N–H and O–H groups in total. The van der Waals surface area contributed by atoms with Crippen LogP contribution in [0, 0.1) is 0 Å². The maximum atomic E-state index is 2.44. The average molecular weight is 711 g/mol. The summed E-state index contributed by atoms with van der Waals surface area (Å²) in [5.74, 6) is 0. The molecule has 12 rings (SSSR count). The number of para-hydroxylation sites is 3. The molecule has 56 heavy (non-hydrogen) atoms. The molecule has 0 spiro atoms. The van der Waals surface area contributed by atoms with E-state index in [1.807, 2.05) is 0 Å². The first kappa shape index (κ1) is 31.0. The van der Waals surface area contributed by atoms with Crippen molar-refractivity contribution in [3.05, 3.63) is 206 Å². The fourth-order valence-electron chi connectivity index (χ4n) is 9.21. The molecule has 0 radical (unpaired) electrons. The van der Waals surface area contributed by atoms with Gasteiger partial charge in [0, 0.05) is 38.8 Å². The summed E-state index contributed by atoms with van der Waals surface area (Å²) < 4.78 is 2.41. The first-order valence-corrected chi connectivity index (χ1v) is 19.3. The summed E-state index contributed by atoms with van der Waals surface area (Å²) in [5, 5.41) is 9.99. The predicted molar refractivity (Wildman–Crippen MR) is 238 cm³/mol. The summed E-state index contributed by atoms with van der Waals surface area (Å²) in [6.45, 7) is 0. The SMILES string of the molecule is c1ccc(-c2ccc3ccccc3c2N(c2ccccc2)c2ccc3cc4c(cc3c2)-c2cc3ccc(-n5c6ccccc6c6ccccc65)cc3cc2-4)cc1. The van der Waals surface area contributed by atoms with Crippen molar-refractivity contribution in [1.29, 1.82) is 0 Å². The monoisotopic (exact) mass is 710 g/mol. The molecular weight excluding hydrogens is 677 g/mol. The summed E-state index contributed by atoms with van der Waals surface area (Å²) in [4.78, 5) is 2.44. The van der Waals surface area contributed by atoms with Crippen molar-refractivity contribution >= 4 is 71.2 Å². The Morgan fingerprint density at radius 3 is 1.50 bits per heavy atom. The Morgan fingerprint density at radius 1 is 0.304 bits per heavy atom. The third kappa shape index (κ3) is 4.63. The van der Waals surface area contributed by atoms with Crippen LogP contribution in [-0.4, -0.2) is 4.57 Å². The highest BCUT2D eigenvalue weighted by atomic mass is 15.1. The second-order valence-electron chi connectivity index (χ2n) is 14.9. The molecule has 0 bridgehead atoms. The summed E-state index contributed by atoms with van der Waals surface area (Å²) in [7, 11) is 0. The first-order valence-electron chi connectivity index (χ1n) is 19.3. The molecule has 11 aromatic rings. The van der Waals surface area contributed by atoms with E-state index in [2.05, 4.69) is 216 Å². The molecule has 0 atom stereocenters. The third-order valence-corrected chi connectivity index (χ3v) is 11.8. The molecule has 2 nitrogen and oxygen atoms in total. The van der Waals surface area contributed by atoms with Gasteiger partial charge in [0.25, 0.3) is 0 Å². The molecule has 2 heteroatoms. The minimum absolute atomic E-state index is 1.13. The number of hydrogen-bond donors (Lipinski definition) is 0. The van der Waals surface area contributed by atoms with Crippen LogP contribution in [0.15, 0.2) is 206 Å². The molecule has 0 saturated carbocycles. The lowest BCUT2D eigenvalue weighted by Crippen LogP contribution is -2.12. The Kier molecular flexibility index (Phi) is 6.66. The van der Waals surface area contributed by atoms with Gasteiger partial charge in [-0.25, -0.2) is 0 Å². The zero-order chi connectivity index (χ0) is 36.7. The van der Waals surface area contributed by atoms with Gasteiger partial charge in [-0.3, -0.25) is 0 Å². The Hall–Kier alpha value is -7.42. The van der Waals surface area contributed by atoms with Gasteiger partial charge in [0.05, 0.1) is 16.7 Å². The molecular formula is C54H34N2. The quantitative estimate of drug-likeness (QED) is 0.173. The fourth-order valence-corrected chi connectivity index (χ4v) is 9.21. The van der Waals surface area contributed by atoms with E-state index >= 15 is 0 Å². The van der Waals surface area contributed by atoms with Crippen LogP contribution in [0.5, 0.6) is 0 Å². The van der Waals surface area contributed by atoms with Crippen molar-refractivity contribution in [3.63, 3.8) is 0 Å². The standard InChI is InChI=1S/C54H34N2/c1-3-13-35(14-4-1)45-28-25-36-15-7-8-18-44(36)54(45)55(41-16-5-2-6-17-41)42-26-23-37-31-48-50(33-39(37)29-42)49-32-38-24-27-43(30-40(38)34-51(48)49)56-52-21-11-9-19-46(52)47-20-10-12-22-53(47)56/h1-34H. The smallest absolute Gasteiger partial charge is 0.0618 e. The number of rotatable bonds is 5. The van der Waals surface area contributed by atoms with Crippen LogP contribution in [0.1, 0.15) is 0 Å². The number of aromatic nitrogens is 1. The van der Waals surface area contributed by atoms with Gasteiger partial charge in [-0.05, 0) is 128 Å². The molecule has 260 valence electrons. The third-order valence-electron chi connectivity index (χ3n) is 11.8. The fraction of sp³-hybridized carbons (Fsp3) is 0. The van der Waals surface area contributed by atoms with Gasteiger partial charge in [0.2, 0.25) is 0 Å². The van der Waals surface area contributed by atoms with E-state index in [9.17, 15) is 0 Å². The molecule has 1 aromatic heterocycles. The van der Waals surface area contributed by atoms with Crippen molar-refractivity contribution in [1.82, 2.24) is 4.57 Å². The maximum Gasteiger partial charge on any atom is 0.0618 e. The normalized spacial score (nSPS) is 11.9. The van der Waals surface area contributed by atoms with Crippen molar-refractivity contribution in [2.75, 3.05) is 4.90 Å². The van der Waals surface area contributed by atoms with Gasteiger partial charge in [-0.2, -0.15) is 0 Å². The zero-order valence-corrected chi connectivity index (χ0v) is 30.5. The molecule has 0 saturated heterocycles. The van der Waals surface area contributed by atoms with E-state index in [-0.39, 0.29) is 0 Å². The summed E-state index contributed by atoms with van der Waals surface area (Å²) in [5.41, 5.74) is 14.8. The largest absolute Gasteiger partial charge is 0.309 e. The Balaban J connectivity index is 0.991. The van der Waals surface area contributed by atoms with E-state index in [1.54, 1.807) is 0 Å². The second-order valence-corrected chi connectivity index (χ2v) is 14.9. The van der Waals surface area contributed by atoms with Gasteiger partial charge < -0.3 is 9.47 Å². The lowest BCUT2D eigenvalue weighted by molar-refractivity contribution is 1.19. The topological polar surface area (TPSA) is 8.17 Å². The lowest BCUT2D eigenvalue weighted by Gasteiger charge is -2.30. The van der Waals surface area contributed by atoms with Gasteiger partial charge >= 0.3 is 0 Å². The highest BCUT2D eigenvalue weighted by Crippen LogP contribution is 2.52. The van der Waals surface area contributed by atoms with Crippen LogP contribution in [0.25, 0.3) is 93.2 Å². The van der Waals surface area contributed by atoms with Crippen LogP contribution in [0.4, 0.5) is 17.1 Å². The van der Waals surface area contributed by atoms with Gasteiger partial charge in [0.1, 0.15) is 0 Å². The first-order chi connectivity index (χ1) is 27.8. The molecule has 1 heterocycles. The van der Waals surface area contributed by atoms with Crippen LogP contribution >= 0.6 is 0 Å². The number of anilines is 3. The van der Waals surface area contributed by atoms with Crippen LogP contribution in [-0.2, 0) is 0 Å². The number of benzene rings is 10. The molecule has 1 aliphatic carbocycles. The number of nitrogens with zero attached hydrogens (tertiary/aromatic N) is 2. The summed E-state index contributed by atoms with van der Waals surface area (Å²) >= 11 is 0. The van der Waals surface area contributed by atoms with Gasteiger partial charge in [-0.1, -0.05) is 133 Å². The van der Waals surface area contributed by atoms with Crippen LogP contribution in [0.2, 0.25) is 0 Å². The van der Waals surface area contributed by atoms with Crippen molar-refractivity contribution in [3.8, 4) is 39.1 Å². The minimum atomic E-state index is 1.13.